The monoisotopic (exact) mass is 783 g/mol. The van der Waals surface area contributed by atoms with Crippen LogP contribution in [0.1, 0.15) is 52.0 Å². The van der Waals surface area contributed by atoms with Crippen molar-refractivity contribution >= 4 is 39.0 Å². The largest absolute Gasteiger partial charge is 0.509 e. The molecule has 3 aliphatic carbocycles. The van der Waals surface area contributed by atoms with Crippen molar-refractivity contribution in [3.8, 4) is 17.3 Å². The number of pyridine rings is 2. The summed E-state index contributed by atoms with van der Waals surface area (Å²) in [7, 11) is 0. The molecule has 46 heavy (non-hydrogen) atoms. The van der Waals surface area contributed by atoms with E-state index in [2.05, 4.69) is 109 Å². The third-order valence-corrected chi connectivity index (χ3v) is 9.98. The molecule has 10 rings (SSSR count). The smallest absolute Gasteiger partial charge is 0.135 e. The number of hydrogen-bond donors (Lipinski definition) is 0. The summed E-state index contributed by atoms with van der Waals surface area (Å²) in [6.45, 7) is 8.91. The summed E-state index contributed by atoms with van der Waals surface area (Å²) < 4.78 is 8.67. The normalized spacial score (nSPS) is 20.1. The van der Waals surface area contributed by atoms with Gasteiger partial charge in [0.25, 0.3) is 0 Å². The Kier molecular flexibility index (Phi) is 6.81. The molecule has 3 saturated carbocycles. The first-order chi connectivity index (χ1) is 21.9. The standard InChI is InChI=1S/C39H34N5O.Pt/c1-38(2,3)27-16-19-40-36(20-27)44-33-11-5-4-10-31(33)32-14-13-30(22-35(32)44)45-29-9-6-8-28(21-29)42-25-43(37-34(42)12-7-18-41-37)39-17-15-26(23-39)24-39;/h4-14,16,18-20,25-26H,15,17,23-24H2,1-3H3;/q-3;. The van der Waals surface area contributed by atoms with Gasteiger partial charge < -0.3 is 19.1 Å². The van der Waals surface area contributed by atoms with Gasteiger partial charge in [-0.15, -0.1) is 48.1 Å². The molecule has 1 aliphatic heterocycles. The van der Waals surface area contributed by atoms with Crippen molar-refractivity contribution in [2.45, 2.75) is 57.4 Å². The van der Waals surface area contributed by atoms with Crippen LogP contribution in [0.4, 0.5) is 17.2 Å². The van der Waals surface area contributed by atoms with Crippen molar-refractivity contribution < 1.29 is 25.8 Å². The quantitative estimate of drug-likeness (QED) is 0.163. The molecule has 3 fully saturated rings. The molecule has 0 spiro atoms. The van der Waals surface area contributed by atoms with Crippen molar-refractivity contribution in [2.24, 2.45) is 5.92 Å². The molecule has 4 heterocycles. The number of fused-ring (bicyclic) bond motifs is 5. The van der Waals surface area contributed by atoms with Gasteiger partial charge in [0.15, 0.2) is 0 Å². The zero-order chi connectivity index (χ0) is 30.3. The molecule has 4 aliphatic rings. The number of rotatable bonds is 5. The molecule has 6 aromatic rings. The number of para-hydroxylation sites is 1. The fourth-order valence-electron chi connectivity index (χ4n) is 7.68. The van der Waals surface area contributed by atoms with Crippen molar-refractivity contribution in [2.75, 3.05) is 9.80 Å². The SMILES string of the molecule is CC(C)(C)c1ccnc(-n2c3[c-]c(Oc4[c-]c(N5[CH-]N(C67CCC(C6)C7)c6ncccc65)ccc4)ccc3c3ccccc32)c1.[Pt]. The van der Waals surface area contributed by atoms with Crippen LogP contribution in [-0.2, 0) is 26.5 Å². The molecule has 2 bridgehead atoms. The molecule has 0 unspecified atom stereocenters. The van der Waals surface area contributed by atoms with Crippen LogP contribution < -0.4 is 14.5 Å². The second-order valence-electron chi connectivity index (χ2n) is 13.8. The number of anilines is 3. The van der Waals surface area contributed by atoms with Crippen molar-refractivity contribution in [1.82, 2.24) is 14.5 Å². The Hall–Kier alpha value is -4.15. The fraction of sp³-hybridized carbons (Fsp3) is 0.256. The summed E-state index contributed by atoms with van der Waals surface area (Å²) in [5.41, 5.74) is 5.48. The van der Waals surface area contributed by atoms with Gasteiger partial charge in [-0.05, 0) is 78.3 Å². The van der Waals surface area contributed by atoms with Gasteiger partial charge in [-0.25, -0.2) is 9.97 Å². The minimum Gasteiger partial charge on any atom is -0.509 e. The predicted octanol–water partition coefficient (Wildman–Crippen LogP) is 9.28. The zero-order valence-electron chi connectivity index (χ0n) is 26.1. The van der Waals surface area contributed by atoms with E-state index in [1.54, 1.807) is 0 Å². The van der Waals surface area contributed by atoms with E-state index < -0.39 is 0 Å². The van der Waals surface area contributed by atoms with Gasteiger partial charge >= 0.3 is 0 Å². The van der Waals surface area contributed by atoms with Gasteiger partial charge in [-0.3, -0.25) is 0 Å². The fourth-order valence-corrected chi connectivity index (χ4v) is 7.68. The van der Waals surface area contributed by atoms with Crippen molar-refractivity contribution in [3.63, 3.8) is 0 Å². The molecule has 0 atom stereocenters. The van der Waals surface area contributed by atoms with Gasteiger partial charge in [0, 0.05) is 56.0 Å². The number of ether oxygens (including phenoxy) is 1. The predicted molar refractivity (Wildman–Crippen MR) is 179 cm³/mol. The van der Waals surface area contributed by atoms with Crippen LogP contribution in [0.15, 0.2) is 91.3 Å². The van der Waals surface area contributed by atoms with Gasteiger partial charge in [-0.1, -0.05) is 44.5 Å². The van der Waals surface area contributed by atoms with Gasteiger partial charge in [0.05, 0.1) is 5.69 Å². The molecule has 3 aromatic carbocycles. The van der Waals surface area contributed by atoms with E-state index in [0.717, 1.165) is 50.7 Å². The van der Waals surface area contributed by atoms with Crippen molar-refractivity contribution in [3.05, 3.63) is 116 Å². The van der Waals surface area contributed by atoms with E-state index in [-0.39, 0.29) is 32.0 Å². The maximum Gasteiger partial charge on any atom is 0.135 e. The Bertz CT molecular complexity index is 2100. The summed E-state index contributed by atoms with van der Waals surface area (Å²) in [6.07, 6.45) is 8.86. The third kappa shape index (κ3) is 4.56. The molecule has 3 aromatic heterocycles. The first-order valence-corrected chi connectivity index (χ1v) is 15.9. The third-order valence-electron chi connectivity index (χ3n) is 9.98. The first kappa shape index (κ1) is 29.3. The summed E-state index contributed by atoms with van der Waals surface area (Å²) in [6, 6.07) is 34.2. The number of benzene rings is 3. The minimum absolute atomic E-state index is 0. The molecular weight excluding hydrogens is 750 g/mol. The van der Waals surface area contributed by atoms with Crippen LogP contribution in [0.3, 0.4) is 0 Å². The maximum atomic E-state index is 6.48. The first-order valence-electron chi connectivity index (χ1n) is 15.9. The van der Waals surface area contributed by atoms with Crippen LogP contribution in [0, 0.1) is 24.7 Å². The zero-order valence-corrected chi connectivity index (χ0v) is 28.4. The van der Waals surface area contributed by atoms with Crippen LogP contribution in [0.5, 0.6) is 11.5 Å². The van der Waals surface area contributed by atoms with Gasteiger partial charge in [0.2, 0.25) is 0 Å². The van der Waals surface area contributed by atoms with Crippen molar-refractivity contribution in [1.29, 1.82) is 0 Å². The molecule has 0 N–H and O–H groups in total. The molecule has 0 saturated heterocycles. The van der Waals surface area contributed by atoms with E-state index in [1.807, 2.05) is 36.7 Å². The second kappa shape index (κ2) is 10.7. The van der Waals surface area contributed by atoms with Gasteiger partial charge in [-0.2, -0.15) is 12.1 Å². The van der Waals surface area contributed by atoms with E-state index in [9.17, 15) is 0 Å². The Balaban J connectivity index is 0.00000312. The Morgan fingerprint density at radius 3 is 2.54 bits per heavy atom. The van der Waals surface area contributed by atoms with E-state index in [1.165, 1.54) is 31.2 Å². The molecule has 0 amide bonds. The average Bonchev–Trinajstić information content (AvgIpc) is 3.81. The number of hydrogen-bond acceptors (Lipinski definition) is 5. The van der Waals surface area contributed by atoms with Crippen LogP contribution in [-0.4, -0.2) is 20.1 Å². The number of nitrogens with zero attached hydrogens (tertiary/aromatic N) is 5. The second-order valence-corrected chi connectivity index (χ2v) is 13.8. The summed E-state index contributed by atoms with van der Waals surface area (Å²) in [5, 5.41) is 2.27. The minimum atomic E-state index is 0. The summed E-state index contributed by atoms with van der Waals surface area (Å²) >= 11 is 0. The summed E-state index contributed by atoms with van der Waals surface area (Å²) in [4.78, 5) is 14.2. The molecule has 234 valence electrons. The van der Waals surface area contributed by atoms with E-state index in [0.29, 0.717) is 11.5 Å². The number of aromatic nitrogens is 3. The Morgan fingerprint density at radius 1 is 0.870 bits per heavy atom. The maximum absolute atomic E-state index is 6.48. The molecule has 7 heteroatoms. The average molecular weight is 784 g/mol. The Labute approximate surface area is 284 Å². The molecular formula is C39H34N5OPt-3. The van der Waals surface area contributed by atoms with E-state index >= 15 is 0 Å². The van der Waals surface area contributed by atoms with Crippen LogP contribution in [0.25, 0.3) is 27.6 Å². The van der Waals surface area contributed by atoms with E-state index in [4.69, 9.17) is 14.7 Å². The summed E-state index contributed by atoms with van der Waals surface area (Å²) in [5.74, 6) is 4.04. The molecule has 0 radical (unpaired) electrons. The van der Waals surface area contributed by atoms with Gasteiger partial charge in [0.1, 0.15) is 11.6 Å². The molecule has 6 nitrogen and oxygen atoms in total. The van der Waals surface area contributed by atoms with Crippen LogP contribution >= 0.6 is 0 Å². The topological polar surface area (TPSA) is 46.4 Å². The Morgan fingerprint density at radius 2 is 1.72 bits per heavy atom. The van der Waals surface area contributed by atoms with Crippen LogP contribution in [0.2, 0.25) is 0 Å².